The van der Waals surface area contributed by atoms with Crippen LogP contribution in [-0.4, -0.2) is 55.3 Å². The number of carbonyl (C=O) groups is 2. The smallest absolute Gasteiger partial charge is 0.417 e. The second-order valence-electron chi connectivity index (χ2n) is 7.40. The average molecular weight is 468 g/mol. The number of benzene rings is 1. The van der Waals surface area contributed by atoms with Gasteiger partial charge in [-0.25, -0.2) is 4.39 Å². The van der Waals surface area contributed by atoms with E-state index in [0.717, 1.165) is 4.80 Å². The first-order valence-corrected chi connectivity index (χ1v) is 9.74. The Kier molecular flexibility index (Phi) is 5.82. The van der Waals surface area contributed by atoms with Crippen molar-refractivity contribution >= 4 is 17.6 Å². The molecule has 0 amide bonds. The normalized spacial score (nSPS) is 15.1. The van der Waals surface area contributed by atoms with Gasteiger partial charge < -0.3 is 14.5 Å². The van der Waals surface area contributed by atoms with E-state index in [4.69, 9.17) is 9.63 Å². The lowest BCUT2D eigenvalue weighted by Crippen LogP contribution is -2.37. The van der Waals surface area contributed by atoms with Gasteiger partial charge in [0.05, 0.1) is 5.56 Å². The largest absolute Gasteiger partial charge is 0.480 e. The number of Topliss-reactive ketones (excluding diaryl/α,β-unsaturated/α-hetero) is 1. The van der Waals surface area contributed by atoms with Crippen molar-refractivity contribution in [1.29, 1.82) is 0 Å². The van der Waals surface area contributed by atoms with Gasteiger partial charge in [0.25, 0.3) is 0 Å². The topological polar surface area (TPSA) is 127 Å². The average Bonchev–Trinajstić information content (AvgIpc) is 3.41. The summed E-state index contributed by atoms with van der Waals surface area (Å²) < 4.78 is 58.5. The maximum atomic E-state index is 13.6. The molecular formula is C19H16F4N6O4. The Labute approximate surface area is 182 Å². The standard InChI is InChI=1S/C19H16F4N6O4/c20-11-1-2-13(19(21,22)23)12(7-11)17(32)10-3-5-28(6-4-10)15-8-14(33-26-15)18-24-27-29(25-18)9-16(30)31/h1-2,7-8,10H,3-6,9H2,(H,30,31). The molecule has 1 aliphatic heterocycles. The molecule has 1 N–H and O–H groups in total. The molecule has 0 saturated carbocycles. The number of piperidine rings is 1. The number of anilines is 1. The molecule has 1 fully saturated rings. The number of hydrogen-bond donors (Lipinski definition) is 1. The van der Waals surface area contributed by atoms with Gasteiger partial charge in [0.2, 0.25) is 11.6 Å². The van der Waals surface area contributed by atoms with Crippen molar-refractivity contribution in [3.8, 4) is 11.6 Å². The SMILES string of the molecule is O=C(O)Cn1nnc(-c2cc(N3CCC(C(=O)c4cc(F)ccc4C(F)(F)F)CC3)no2)n1. The van der Waals surface area contributed by atoms with Crippen LogP contribution in [0.25, 0.3) is 11.6 Å². The van der Waals surface area contributed by atoms with Gasteiger partial charge in [0.1, 0.15) is 5.82 Å². The molecule has 33 heavy (non-hydrogen) atoms. The van der Waals surface area contributed by atoms with Crippen LogP contribution in [0.1, 0.15) is 28.8 Å². The van der Waals surface area contributed by atoms with E-state index in [1.165, 1.54) is 6.07 Å². The number of ketones is 1. The van der Waals surface area contributed by atoms with E-state index in [-0.39, 0.29) is 24.4 Å². The summed E-state index contributed by atoms with van der Waals surface area (Å²) in [6, 6.07) is 3.40. The maximum Gasteiger partial charge on any atom is 0.417 e. The Morgan fingerprint density at radius 1 is 1.18 bits per heavy atom. The van der Waals surface area contributed by atoms with Gasteiger partial charge >= 0.3 is 12.1 Å². The van der Waals surface area contributed by atoms with Crippen molar-refractivity contribution in [2.75, 3.05) is 18.0 Å². The molecule has 10 nitrogen and oxygen atoms in total. The van der Waals surface area contributed by atoms with Gasteiger partial charge in [0, 0.05) is 30.6 Å². The number of carboxylic acid groups (broad SMARTS) is 1. The van der Waals surface area contributed by atoms with Crippen LogP contribution in [0.3, 0.4) is 0 Å². The van der Waals surface area contributed by atoms with Crippen LogP contribution in [-0.2, 0) is 17.5 Å². The minimum absolute atomic E-state index is 0.0332. The highest BCUT2D eigenvalue weighted by molar-refractivity contribution is 5.99. The quantitative estimate of drug-likeness (QED) is 0.429. The van der Waals surface area contributed by atoms with Gasteiger partial charge in [-0.3, -0.25) is 9.59 Å². The van der Waals surface area contributed by atoms with Gasteiger partial charge in [0.15, 0.2) is 18.1 Å². The highest BCUT2D eigenvalue weighted by Gasteiger charge is 2.37. The van der Waals surface area contributed by atoms with Crippen LogP contribution < -0.4 is 4.90 Å². The highest BCUT2D eigenvalue weighted by atomic mass is 19.4. The van der Waals surface area contributed by atoms with E-state index >= 15 is 0 Å². The number of aliphatic carboxylic acids is 1. The predicted molar refractivity (Wildman–Crippen MR) is 102 cm³/mol. The molecule has 4 rings (SSSR count). The zero-order valence-electron chi connectivity index (χ0n) is 16.8. The molecule has 3 heterocycles. The molecule has 1 saturated heterocycles. The minimum atomic E-state index is -4.77. The van der Waals surface area contributed by atoms with Crippen LogP contribution >= 0.6 is 0 Å². The van der Waals surface area contributed by atoms with Crippen molar-refractivity contribution in [3.05, 3.63) is 41.2 Å². The number of halogens is 4. The van der Waals surface area contributed by atoms with Gasteiger partial charge in [-0.15, -0.1) is 10.2 Å². The Morgan fingerprint density at radius 3 is 2.58 bits per heavy atom. The number of alkyl halides is 3. The third-order valence-electron chi connectivity index (χ3n) is 5.19. The molecule has 0 radical (unpaired) electrons. The van der Waals surface area contributed by atoms with E-state index in [9.17, 15) is 27.2 Å². The first-order chi connectivity index (χ1) is 15.6. The molecule has 1 aromatic carbocycles. The van der Waals surface area contributed by atoms with E-state index in [1.807, 2.05) is 0 Å². The lowest BCUT2D eigenvalue weighted by atomic mass is 9.87. The first-order valence-electron chi connectivity index (χ1n) is 9.74. The lowest BCUT2D eigenvalue weighted by molar-refractivity contribution is -0.139. The summed E-state index contributed by atoms with van der Waals surface area (Å²) in [5.41, 5.74) is -1.82. The lowest BCUT2D eigenvalue weighted by Gasteiger charge is -2.31. The van der Waals surface area contributed by atoms with Gasteiger partial charge in [-0.05, 0) is 36.3 Å². The molecule has 0 spiro atoms. The maximum absolute atomic E-state index is 13.6. The van der Waals surface area contributed by atoms with Crippen molar-refractivity contribution < 1.29 is 36.8 Å². The summed E-state index contributed by atoms with van der Waals surface area (Å²) >= 11 is 0. The Balaban J connectivity index is 1.43. The van der Waals surface area contributed by atoms with Crippen molar-refractivity contribution in [2.24, 2.45) is 5.92 Å². The predicted octanol–water partition coefficient (Wildman–Crippen LogP) is 2.67. The fraction of sp³-hybridized carbons (Fsp3) is 0.368. The number of hydrogen-bond acceptors (Lipinski definition) is 8. The fourth-order valence-electron chi connectivity index (χ4n) is 3.61. The summed E-state index contributed by atoms with van der Waals surface area (Å²) in [5.74, 6) is -2.93. The van der Waals surface area contributed by atoms with Gasteiger partial charge in [-0.1, -0.05) is 5.16 Å². The van der Waals surface area contributed by atoms with Crippen LogP contribution in [0.5, 0.6) is 0 Å². The summed E-state index contributed by atoms with van der Waals surface area (Å²) in [4.78, 5) is 26.1. The van der Waals surface area contributed by atoms with E-state index in [0.29, 0.717) is 37.1 Å². The van der Waals surface area contributed by atoms with Crippen LogP contribution in [0.15, 0.2) is 28.8 Å². The van der Waals surface area contributed by atoms with Crippen molar-refractivity contribution in [3.63, 3.8) is 0 Å². The first kappa shape index (κ1) is 22.4. The van der Waals surface area contributed by atoms with Crippen LogP contribution in [0.4, 0.5) is 23.4 Å². The second-order valence-corrected chi connectivity index (χ2v) is 7.40. The van der Waals surface area contributed by atoms with Crippen molar-refractivity contribution in [1.82, 2.24) is 25.4 Å². The summed E-state index contributed by atoms with van der Waals surface area (Å²) in [5, 5.41) is 23.8. The van der Waals surface area contributed by atoms with E-state index in [1.54, 1.807) is 4.90 Å². The Hall–Kier alpha value is -3.84. The zero-order valence-corrected chi connectivity index (χ0v) is 16.8. The third kappa shape index (κ3) is 4.83. The molecule has 174 valence electrons. The molecule has 0 atom stereocenters. The minimum Gasteiger partial charge on any atom is -0.480 e. The molecular weight excluding hydrogens is 452 g/mol. The number of rotatable bonds is 6. The second kappa shape index (κ2) is 8.60. The number of carbonyl (C=O) groups excluding carboxylic acids is 1. The number of carboxylic acids is 1. The molecule has 14 heteroatoms. The number of nitrogens with zero attached hydrogens (tertiary/aromatic N) is 6. The Morgan fingerprint density at radius 2 is 1.91 bits per heavy atom. The molecule has 0 aliphatic carbocycles. The van der Waals surface area contributed by atoms with Crippen LogP contribution in [0.2, 0.25) is 0 Å². The number of aromatic nitrogens is 5. The summed E-state index contributed by atoms with van der Waals surface area (Å²) in [7, 11) is 0. The molecule has 0 bridgehead atoms. The van der Waals surface area contributed by atoms with Crippen LogP contribution in [0, 0.1) is 11.7 Å². The zero-order chi connectivity index (χ0) is 23.8. The summed E-state index contributed by atoms with van der Waals surface area (Å²) in [6.45, 7) is 0.132. The highest BCUT2D eigenvalue weighted by Crippen LogP contribution is 2.35. The van der Waals surface area contributed by atoms with E-state index in [2.05, 4.69) is 20.6 Å². The molecule has 0 unspecified atom stereocenters. The summed E-state index contributed by atoms with van der Waals surface area (Å²) in [6.07, 6.45) is -4.29. The molecule has 1 aliphatic rings. The Bertz CT molecular complexity index is 1180. The molecule has 3 aromatic rings. The van der Waals surface area contributed by atoms with Crippen molar-refractivity contribution in [2.45, 2.75) is 25.6 Å². The van der Waals surface area contributed by atoms with E-state index < -0.39 is 47.3 Å². The monoisotopic (exact) mass is 468 g/mol. The fourth-order valence-corrected chi connectivity index (χ4v) is 3.61. The molecule has 2 aromatic heterocycles. The number of tetrazole rings is 1. The third-order valence-corrected chi connectivity index (χ3v) is 5.19. The van der Waals surface area contributed by atoms with Gasteiger partial charge in [-0.2, -0.15) is 18.0 Å².